The van der Waals surface area contributed by atoms with Crippen molar-refractivity contribution < 1.29 is 0 Å². The summed E-state index contributed by atoms with van der Waals surface area (Å²) in [6, 6.07) is 12.1. The number of pyridine rings is 1. The van der Waals surface area contributed by atoms with Gasteiger partial charge in [0.05, 0.1) is 6.54 Å². The van der Waals surface area contributed by atoms with E-state index in [2.05, 4.69) is 70.6 Å². The molecule has 3 aromatic heterocycles. The van der Waals surface area contributed by atoms with Crippen molar-refractivity contribution >= 4 is 0 Å². The van der Waals surface area contributed by atoms with Crippen LogP contribution in [0.4, 0.5) is 0 Å². The van der Waals surface area contributed by atoms with Crippen LogP contribution in [-0.4, -0.2) is 34.7 Å². The van der Waals surface area contributed by atoms with Gasteiger partial charge in [-0.15, -0.1) is 10.2 Å². The Labute approximate surface area is 187 Å². The number of aromatic amines is 1. The van der Waals surface area contributed by atoms with Gasteiger partial charge in [0.1, 0.15) is 5.69 Å². The normalized spacial score (nSPS) is 11.4. The number of benzene rings is 1. The first-order valence-electron chi connectivity index (χ1n) is 11.1. The lowest BCUT2D eigenvalue weighted by Gasteiger charge is -2.09. The van der Waals surface area contributed by atoms with Crippen LogP contribution in [0.5, 0.6) is 0 Å². The number of hydrogen-bond donors (Lipinski definition) is 1. The SMILES string of the molecule is CCCc1cn(CCC(C)C)c(=O)n1Cc1ccc(-c2cccnc2-c2nn[nH]n2)cc1. The summed E-state index contributed by atoms with van der Waals surface area (Å²) in [5.41, 5.74) is 4.88. The summed E-state index contributed by atoms with van der Waals surface area (Å²) in [7, 11) is 0. The predicted molar refractivity (Wildman–Crippen MR) is 124 cm³/mol. The Balaban J connectivity index is 1.60. The molecule has 0 fully saturated rings. The summed E-state index contributed by atoms with van der Waals surface area (Å²) in [4.78, 5) is 17.5. The van der Waals surface area contributed by atoms with E-state index >= 15 is 0 Å². The van der Waals surface area contributed by atoms with Crippen LogP contribution in [0, 0.1) is 5.92 Å². The van der Waals surface area contributed by atoms with Crippen LogP contribution in [0.15, 0.2) is 53.6 Å². The molecule has 1 aromatic carbocycles. The zero-order chi connectivity index (χ0) is 22.5. The highest BCUT2D eigenvalue weighted by Crippen LogP contribution is 2.28. The van der Waals surface area contributed by atoms with Crippen LogP contribution < -0.4 is 5.69 Å². The summed E-state index contributed by atoms with van der Waals surface area (Å²) >= 11 is 0. The minimum atomic E-state index is 0.0739. The number of nitrogens with zero attached hydrogens (tertiary/aromatic N) is 6. The molecule has 0 unspecified atom stereocenters. The highest BCUT2D eigenvalue weighted by Gasteiger charge is 2.14. The Morgan fingerprint density at radius 2 is 1.94 bits per heavy atom. The summed E-state index contributed by atoms with van der Waals surface area (Å²) in [6.45, 7) is 7.84. The number of hydrogen-bond acceptors (Lipinski definition) is 5. The van der Waals surface area contributed by atoms with Gasteiger partial charge in [0.2, 0.25) is 5.82 Å². The van der Waals surface area contributed by atoms with Crippen molar-refractivity contribution in [3.63, 3.8) is 0 Å². The van der Waals surface area contributed by atoms with Gasteiger partial charge >= 0.3 is 5.69 Å². The average molecular weight is 432 g/mol. The molecule has 0 saturated heterocycles. The van der Waals surface area contributed by atoms with Crippen LogP contribution in [0.3, 0.4) is 0 Å². The van der Waals surface area contributed by atoms with E-state index in [0.717, 1.165) is 48.2 Å². The molecule has 0 aliphatic carbocycles. The van der Waals surface area contributed by atoms with Gasteiger partial charge in [-0.1, -0.05) is 57.5 Å². The minimum absolute atomic E-state index is 0.0739. The van der Waals surface area contributed by atoms with Crippen LogP contribution in [-0.2, 0) is 19.5 Å². The molecular weight excluding hydrogens is 402 g/mol. The van der Waals surface area contributed by atoms with E-state index < -0.39 is 0 Å². The standard InChI is InChI=1S/C24H29N7O/c1-4-6-20-16-30(14-12-17(2)3)24(32)31(20)15-18-8-10-19(11-9-18)21-7-5-13-25-22(21)23-26-28-29-27-23/h5,7-11,13,16-17H,4,6,12,14-15H2,1-3H3,(H,26,27,28,29). The van der Waals surface area contributed by atoms with Gasteiger partial charge in [-0.05, 0) is 41.2 Å². The first-order chi connectivity index (χ1) is 15.6. The van der Waals surface area contributed by atoms with E-state index in [1.165, 1.54) is 0 Å². The first-order valence-corrected chi connectivity index (χ1v) is 11.1. The molecule has 1 N–H and O–H groups in total. The fourth-order valence-corrected chi connectivity index (χ4v) is 3.82. The number of imidazole rings is 1. The first kappa shape index (κ1) is 21.7. The number of nitrogens with one attached hydrogen (secondary N) is 1. The molecule has 0 aliphatic heterocycles. The molecule has 0 saturated carbocycles. The number of rotatable bonds is 9. The second kappa shape index (κ2) is 9.72. The number of aryl methyl sites for hydroxylation is 2. The van der Waals surface area contributed by atoms with Gasteiger partial charge in [0, 0.05) is 30.2 Å². The van der Waals surface area contributed by atoms with E-state index in [0.29, 0.717) is 24.0 Å². The smallest absolute Gasteiger partial charge is 0.299 e. The molecule has 0 amide bonds. The topological polar surface area (TPSA) is 94.3 Å². The lowest BCUT2D eigenvalue weighted by molar-refractivity contribution is 0.502. The monoisotopic (exact) mass is 431 g/mol. The molecule has 0 aliphatic rings. The largest absolute Gasteiger partial charge is 0.328 e. The fraction of sp³-hybridized carbons (Fsp3) is 0.375. The molecule has 8 nitrogen and oxygen atoms in total. The van der Waals surface area contributed by atoms with Crippen molar-refractivity contribution in [3.8, 4) is 22.6 Å². The molecule has 166 valence electrons. The molecule has 0 spiro atoms. The Bertz CT molecular complexity index is 1200. The highest BCUT2D eigenvalue weighted by atomic mass is 16.1. The van der Waals surface area contributed by atoms with Crippen molar-refractivity contribution in [3.05, 3.63) is 70.5 Å². The minimum Gasteiger partial charge on any atom is -0.299 e. The lowest BCUT2D eigenvalue weighted by Crippen LogP contribution is -2.26. The van der Waals surface area contributed by atoms with E-state index in [4.69, 9.17) is 0 Å². The molecular formula is C24H29N7O. The molecule has 4 aromatic rings. The Kier molecular flexibility index (Phi) is 6.58. The number of aromatic nitrogens is 7. The van der Waals surface area contributed by atoms with Crippen molar-refractivity contribution in [2.24, 2.45) is 5.92 Å². The zero-order valence-corrected chi connectivity index (χ0v) is 18.8. The van der Waals surface area contributed by atoms with Gasteiger partial charge in [-0.2, -0.15) is 5.21 Å². The van der Waals surface area contributed by atoms with Gasteiger partial charge in [0.15, 0.2) is 0 Å². The number of H-pyrrole nitrogens is 1. The maximum Gasteiger partial charge on any atom is 0.328 e. The van der Waals surface area contributed by atoms with Crippen LogP contribution in [0.2, 0.25) is 0 Å². The Hall–Kier alpha value is -3.55. The van der Waals surface area contributed by atoms with E-state index in [1.807, 2.05) is 27.5 Å². The highest BCUT2D eigenvalue weighted by molar-refractivity contribution is 5.77. The molecule has 3 heterocycles. The summed E-state index contributed by atoms with van der Waals surface area (Å²) < 4.78 is 3.78. The van der Waals surface area contributed by atoms with Gasteiger partial charge in [-0.25, -0.2) is 4.79 Å². The molecule has 0 bridgehead atoms. The van der Waals surface area contributed by atoms with Gasteiger partial charge < -0.3 is 0 Å². The van der Waals surface area contributed by atoms with Crippen molar-refractivity contribution in [1.29, 1.82) is 0 Å². The van der Waals surface area contributed by atoms with E-state index in [1.54, 1.807) is 6.20 Å². The average Bonchev–Trinajstić information content (AvgIpc) is 3.43. The zero-order valence-electron chi connectivity index (χ0n) is 18.8. The Morgan fingerprint density at radius 1 is 1.12 bits per heavy atom. The van der Waals surface area contributed by atoms with Crippen LogP contribution in [0.1, 0.15) is 44.9 Å². The van der Waals surface area contributed by atoms with E-state index in [-0.39, 0.29) is 5.69 Å². The Morgan fingerprint density at radius 3 is 2.62 bits per heavy atom. The van der Waals surface area contributed by atoms with Crippen LogP contribution in [0.25, 0.3) is 22.6 Å². The summed E-state index contributed by atoms with van der Waals surface area (Å²) in [5, 5.41) is 14.2. The summed E-state index contributed by atoms with van der Waals surface area (Å²) in [6.07, 6.45) is 6.65. The summed E-state index contributed by atoms with van der Waals surface area (Å²) in [5.74, 6) is 1.03. The molecule has 0 radical (unpaired) electrons. The lowest BCUT2D eigenvalue weighted by atomic mass is 10.0. The van der Waals surface area contributed by atoms with Crippen molar-refractivity contribution in [2.45, 2.75) is 53.1 Å². The van der Waals surface area contributed by atoms with Crippen LogP contribution >= 0.6 is 0 Å². The molecule has 8 heteroatoms. The maximum absolute atomic E-state index is 13.0. The van der Waals surface area contributed by atoms with Gasteiger partial charge in [-0.3, -0.25) is 14.1 Å². The predicted octanol–water partition coefficient (Wildman–Crippen LogP) is 3.94. The fourth-order valence-electron chi connectivity index (χ4n) is 3.82. The second-order valence-corrected chi connectivity index (χ2v) is 8.45. The van der Waals surface area contributed by atoms with Gasteiger partial charge in [0.25, 0.3) is 0 Å². The van der Waals surface area contributed by atoms with Crippen molar-refractivity contribution in [2.75, 3.05) is 0 Å². The number of tetrazole rings is 1. The third-order valence-electron chi connectivity index (χ3n) is 5.55. The van der Waals surface area contributed by atoms with Crippen molar-refractivity contribution in [1.82, 2.24) is 34.7 Å². The third-order valence-corrected chi connectivity index (χ3v) is 5.55. The molecule has 32 heavy (non-hydrogen) atoms. The molecule has 4 rings (SSSR count). The third kappa shape index (κ3) is 4.69. The molecule has 0 atom stereocenters. The van der Waals surface area contributed by atoms with E-state index in [9.17, 15) is 4.79 Å². The second-order valence-electron chi connectivity index (χ2n) is 8.45. The quantitative estimate of drug-likeness (QED) is 0.433. The maximum atomic E-state index is 13.0.